The van der Waals surface area contributed by atoms with Gasteiger partial charge in [0.05, 0.1) is 0 Å². The van der Waals surface area contributed by atoms with Crippen LogP contribution in [0.3, 0.4) is 0 Å². The molecule has 1 nitrogen and oxygen atoms in total. The van der Waals surface area contributed by atoms with Crippen molar-refractivity contribution >= 4 is 18.4 Å². The van der Waals surface area contributed by atoms with Gasteiger partial charge < -0.3 is 5.32 Å². The molecule has 0 aromatic heterocycles. The van der Waals surface area contributed by atoms with Gasteiger partial charge in [-0.2, -0.15) is 0 Å². The van der Waals surface area contributed by atoms with Crippen molar-refractivity contribution in [3.05, 3.63) is 73.3 Å². The molecular weight excluding hydrogens is 294 g/mol. The molecule has 1 unspecified atom stereocenters. The molecule has 23 heavy (non-hydrogen) atoms. The molecular formula is C21H29NSi. The molecule has 0 saturated carbocycles. The van der Waals surface area contributed by atoms with Gasteiger partial charge in [0, 0.05) is 5.16 Å². The highest BCUT2D eigenvalue weighted by atomic mass is 28.3. The molecule has 0 radical (unpaired) electrons. The van der Waals surface area contributed by atoms with Crippen molar-refractivity contribution in [1.29, 1.82) is 0 Å². The van der Waals surface area contributed by atoms with Gasteiger partial charge in [-0.1, -0.05) is 97.5 Å². The first kappa shape index (κ1) is 17.7. The SMILES string of the molecule is C=CCC(NC)(C(C)C)[Si](C)(c1ccccc1)c1ccccc1. The molecule has 1 N–H and O–H groups in total. The van der Waals surface area contributed by atoms with Crippen LogP contribution in [-0.4, -0.2) is 20.3 Å². The Morgan fingerprint density at radius 2 is 1.43 bits per heavy atom. The van der Waals surface area contributed by atoms with Gasteiger partial charge in [-0.05, 0) is 19.4 Å². The minimum atomic E-state index is -2.05. The third-order valence-corrected chi connectivity index (χ3v) is 11.3. The fraction of sp³-hybridized carbons (Fsp3) is 0.333. The van der Waals surface area contributed by atoms with Gasteiger partial charge in [0.15, 0.2) is 0 Å². The smallest absolute Gasteiger partial charge is 0.135 e. The van der Waals surface area contributed by atoms with E-state index >= 15 is 0 Å². The van der Waals surface area contributed by atoms with Gasteiger partial charge in [-0.15, -0.1) is 6.58 Å². The summed E-state index contributed by atoms with van der Waals surface area (Å²) >= 11 is 0. The van der Waals surface area contributed by atoms with Crippen LogP contribution in [-0.2, 0) is 0 Å². The quantitative estimate of drug-likeness (QED) is 0.606. The first-order chi connectivity index (χ1) is 11.0. The number of hydrogen-bond acceptors (Lipinski definition) is 1. The third kappa shape index (κ3) is 2.93. The van der Waals surface area contributed by atoms with Gasteiger partial charge in [-0.25, -0.2) is 0 Å². The maximum absolute atomic E-state index is 4.06. The molecule has 0 heterocycles. The first-order valence-corrected chi connectivity index (χ1v) is 10.9. The Kier molecular flexibility index (Phi) is 5.61. The Hall–Kier alpha value is -1.64. The van der Waals surface area contributed by atoms with E-state index in [1.807, 2.05) is 0 Å². The van der Waals surface area contributed by atoms with Crippen molar-refractivity contribution < 1.29 is 0 Å². The van der Waals surface area contributed by atoms with E-state index in [1.165, 1.54) is 10.4 Å². The van der Waals surface area contributed by atoms with Gasteiger partial charge in [0.1, 0.15) is 8.07 Å². The van der Waals surface area contributed by atoms with Crippen LogP contribution in [0.5, 0.6) is 0 Å². The summed E-state index contributed by atoms with van der Waals surface area (Å²) in [5, 5.41) is 6.71. The van der Waals surface area contributed by atoms with Crippen LogP contribution in [0.15, 0.2) is 73.3 Å². The summed E-state index contributed by atoms with van der Waals surface area (Å²) in [6.07, 6.45) is 3.04. The van der Waals surface area contributed by atoms with E-state index in [0.29, 0.717) is 5.92 Å². The summed E-state index contributed by atoms with van der Waals surface area (Å²) in [6.45, 7) is 11.2. The van der Waals surface area contributed by atoms with Crippen LogP contribution in [0.25, 0.3) is 0 Å². The van der Waals surface area contributed by atoms with Gasteiger partial charge in [0.25, 0.3) is 0 Å². The van der Waals surface area contributed by atoms with Crippen LogP contribution in [0, 0.1) is 5.92 Å². The summed E-state index contributed by atoms with van der Waals surface area (Å²) in [5.41, 5.74) is 0. The average Bonchev–Trinajstić information content (AvgIpc) is 2.60. The van der Waals surface area contributed by atoms with E-state index < -0.39 is 8.07 Å². The second-order valence-electron chi connectivity index (χ2n) is 6.73. The zero-order valence-electron chi connectivity index (χ0n) is 14.8. The molecule has 2 aromatic carbocycles. The van der Waals surface area contributed by atoms with Crippen molar-refractivity contribution in [3.8, 4) is 0 Å². The van der Waals surface area contributed by atoms with E-state index in [0.717, 1.165) is 6.42 Å². The Morgan fingerprint density at radius 3 is 1.74 bits per heavy atom. The summed E-state index contributed by atoms with van der Waals surface area (Å²) < 4.78 is 0. The molecule has 0 spiro atoms. The Balaban J connectivity index is 2.78. The number of hydrogen-bond donors (Lipinski definition) is 1. The van der Waals surface area contributed by atoms with Crippen molar-refractivity contribution in [1.82, 2.24) is 5.32 Å². The van der Waals surface area contributed by atoms with E-state index in [4.69, 9.17) is 0 Å². The van der Waals surface area contributed by atoms with E-state index in [9.17, 15) is 0 Å². The van der Waals surface area contributed by atoms with Crippen molar-refractivity contribution in [2.45, 2.75) is 32.0 Å². The highest BCUT2D eigenvalue weighted by Gasteiger charge is 2.52. The van der Waals surface area contributed by atoms with E-state index in [2.05, 4.69) is 106 Å². The van der Waals surface area contributed by atoms with E-state index in [-0.39, 0.29) is 5.16 Å². The lowest BCUT2D eigenvalue weighted by atomic mass is 10.00. The first-order valence-electron chi connectivity index (χ1n) is 8.43. The Bertz CT molecular complexity index is 581. The molecule has 0 saturated heterocycles. The predicted octanol–water partition coefficient (Wildman–Crippen LogP) is 3.61. The van der Waals surface area contributed by atoms with Crippen molar-refractivity contribution in [3.63, 3.8) is 0 Å². The molecule has 0 aliphatic heterocycles. The average molecular weight is 324 g/mol. The van der Waals surface area contributed by atoms with Crippen molar-refractivity contribution in [2.24, 2.45) is 5.92 Å². The topological polar surface area (TPSA) is 12.0 Å². The second-order valence-corrected chi connectivity index (χ2v) is 11.0. The zero-order chi connectivity index (χ0) is 16.9. The molecule has 0 fully saturated rings. The third-order valence-electron chi connectivity index (χ3n) is 5.49. The fourth-order valence-corrected chi connectivity index (χ4v) is 9.40. The van der Waals surface area contributed by atoms with Crippen LogP contribution in [0.1, 0.15) is 20.3 Å². The van der Waals surface area contributed by atoms with E-state index in [1.54, 1.807) is 0 Å². The highest BCUT2D eigenvalue weighted by Crippen LogP contribution is 2.32. The number of rotatable bonds is 7. The molecule has 2 heteroatoms. The fourth-order valence-electron chi connectivity index (χ4n) is 4.11. The van der Waals surface area contributed by atoms with Gasteiger partial charge in [-0.3, -0.25) is 0 Å². The molecule has 0 aliphatic rings. The molecule has 0 aliphatic carbocycles. The number of benzene rings is 2. The molecule has 2 rings (SSSR count). The minimum absolute atomic E-state index is 0.0253. The maximum Gasteiger partial charge on any atom is 0.135 e. The van der Waals surface area contributed by atoms with Gasteiger partial charge in [0.2, 0.25) is 0 Å². The molecule has 0 bridgehead atoms. The summed E-state index contributed by atoms with van der Waals surface area (Å²) in [7, 11) is 0.0640. The summed E-state index contributed by atoms with van der Waals surface area (Å²) in [5.74, 6) is 0.502. The molecule has 122 valence electrons. The van der Waals surface area contributed by atoms with Crippen LogP contribution < -0.4 is 15.7 Å². The normalized spacial score (nSPS) is 14.5. The largest absolute Gasteiger partial charge is 0.315 e. The lowest BCUT2D eigenvalue weighted by Crippen LogP contribution is -2.77. The number of nitrogens with one attached hydrogen (secondary N) is 1. The maximum atomic E-state index is 4.06. The monoisotopic (exact) mass is 323 g/mol. The molecule has 2 aromatic rings. The lowest BCUT2D eigenvalue weighted by molar-refractivity contribution is 0.359. The second kappa shape index (κ2) is 7.29. The lowest BCUT2D eigenvalue weighted by Gasteiger charge is -2.51. The molecule has 1 atom stereocenters. The zero-order valence-corrected chi connectivity index (χ0v) is 15.8. The van der Waals surface area contributed by atoms with Crippen LogP contribution in [0.4, 0.5) is 0 Å². The van der Waals surface area contributed by atoms with Crippen molar-refractivity contribution in [2.75, 3.05) is 7.05 Å². The predicted molar refractivity (Wildman–Crippen MR) is 105 cm³/mol. The Morgan fingerprint density at radius 1 is 1.00 bits per heavy atom. The Labute approximate surface area is 142 Å². The summed E-state index contributed by atoms with van der Waals surface area (Å²) in [4.78, 5) is 0. The van der Waals surface area contributed by atoms with Crippen LogP contribution in [0.2, 0.25) is 6.55 Å². The summed E-state index contributed by atoms with van der Waals surface area (Å²) in [6, 6.07) is 22.1. The minimum Gasteiger partial charge on any atom is -0.315 e. The van der Waals surface area contributed by atoms with Gasteiger partial charge >= 0.3 is 0 Å². The highest BCUT2D eigenvalue weighted by molar-refractivity contribution is 7.03. The standard InChI is InChI=1S/C21H29NSi/c1-6-17-21(22-4,18(2)3)23(5,19-13-9-7-10-14-19)20-15-11-8-12-16-20/h6-16,18,22H,1,17H2,2-5H3. The molecule has 0 amide bonds. The van der Waals surface area contributed by atoms with Crippen LogP contribution >= 0.6 is 0 Å².